The minimum absolute atomic E-state index is 0.165. The molecule has 0 saturated carbocycles. The third-order valence-electron chi connectivity index (χ3n) is 2.27. The molecule has 0 bridgehead atoms. The number of Topliss-reactive ketones (excluding diaryl/α,β-unsaturated/α-hetero) is 1. The normalized spacial score (nSPS) is 10.9. The second-order valence-electron chi connectivity index (χ2n) is 3.96. The summed E-state index contributed by atoms with van der Waals surface area (Å²) in [6.07, 6.45) is 4.42. The third-order valence-corrected chi connectivity index (χ3v) is 2.27. The van der Waals surface area contributed by atoms with Crippen molar-refractivity contribution in [3.05, 3.63) is 18.0 Å². The summed E-state index contributed by atoms with van der Waals surface area (Å²) < 4.78 is 1.79. The lowest BCUT2D eigenvalue weighted by atomic mass is 10.0. The minimum atomic E-state index is 0.165. The molecule has 0 unspecified atom stereocenters. The van der Waals surface area contributed by atoms with Crippen molar-refractivity contribution in [3.63, 3.8) is 0 Å². The minimum Gasteiger partial charge on any atom is -0.299 e. The molecule has 0 atom stereocenters. The van der Waals surface area contributed by atoms with Gasteiger partial charge < -0.3 is 0 Å². The molecule has 0 fully saturated rings. The topological polar surface area (TPSA) is 34.9 Å². The first kappa shape index (κ1) is 11.0. The average molecular weight is 194 g/mol. The van der Waals surface area contributed by atoms with E-state index in [4.69, 9.17) is 0 Å². The molecule has 1 rings (SSSR count). The lowest BCUT2D eigenvalue weighted by Gasteiger charge is -2.02. The summed E-state index contributed by atoms with van der Waals surface area (Å²) >= 11 is 0. The summed E-state index contributed by atoms with van der Waals surface area (Å²) in [4.78, 5) is 11.3. The van der Waals surface area contributed by atoms with Gasteiger partial charge in [-0.1, -0.05) is 13.8 Å². The van der Waals surface area contributed by atoms with Crippen molar-refractivity contribution >= 4 is 5.78 Å². The first-order valence-electron chi connectivity index (χ1n) is 5.11. The highest BCUT2D eigenvalue weighted by atomic mass is 16.1. The van der Waals surface area contributed by atoms with E-state index in [9.17, 15) is 4.79 Å². The lowest BCUT2D eigenvalue weighted by Crippen LogP contribution is -2.06. The van der Waals surface area contributed by atoms with Crippen LogP contribution in [0.1, 0.15) is 32.4 Å². The van der Waals surface area contributed by atoms with Gasteiger partial charge in [-0.05, 0) is 18.9 Å². The fraction of sp³-hybridized carbons (Fsp3) is 0.636. The predicted octanol–water partition coefficient (Wildman–Crippen LogP) is 1.97. The highest BCUT2D eigenvalue weighted by Gasteiger charge is 2.06. The number of hydrogen-bond donors (Lipinski definition) is 0. The molecular weight excluding hydrogens is 176 g/mol. The Balaban J connectivity index is 2.25. The third kappa shape index (κ3) is 3.32. The molecule has 78 valence electrons. The van der Waals surface area contributed by atoms with Crippen LogP contribution in [0.4, 0.5) is 0 Å². The molecule has 1 aromatic heterocycles. The van der Waals surface area contributed by atoms with Crippen LogP contribution >= 0.6 is 0 Å². The van der Waals surface area contributed by atoms with Crippen LogP contribution in [0.3, 0.4) is 0 Å². The number of ketones is 1. The average Bonchev–Trinajstić information content (AvgIpc) is 2.51. The van der Waals surface area contributed by atoms with Gasteiger partial charge in [0.05, 0.1) is 5.69 Å². The van der Waals surface area contributed by atoms with Crippen LogP contribution in [0.15, 0.2) is 12.3 Å². The van der Waals surface area contributed by atoms with E-state index in [2.05, 4.69) is 5.10 Å². The Labute approximate surface area is 85.1 Å². The van der Waals surface area contributed by atoms with Crippen LogP contribution < -0.4 is 0 Å². The smallest absolute Gasteiger partial charge is 0.135 e. The monoisotopic (exact) mass is 194 g/mol. The van der Waals surface area contributed by atoms with Crippen LogP contribution in [0.25, 0.3) is 0 Å². The molecule has 0 N–H and O–H groups in total. The number of nitrogens with zero attached hydrogens (tertiary/aromatic N) is 2. The molecular formula is C11H18N2O. The van der Waals surface area contributed by atoms with E-state index >= 15 is 0 Å². The van der Waals surface area contributed by atoms with Crippen LogP contribution in [0.5, 0.6) is 0 Å². The number of hydrogen-bond acceptors (Lipinski definition) is 2. The van der Waals surface area contributed by atoms with Crippen molar-refractivity contribution in [1.82, 2.24) is 9.78 Å². The summed E-state index contributed by atoms with van der Waals surface area (Å²) in [5, 5.41) is 4.26. The standard InChI is InChI=1S/C11H18N2O/c1-9(2)11(14)6-4-5-10-7-8-13(3)12-10/h7-9H,4-6H2,1-3H3. The van der Waals surface area contributed by atoms with E-state index in [1.807, 2.05) is 33.2 Å². The molecule has 0 radical (unpaired) electrons. The molecule has 1 heterocycles. The maximum atomic E-state index is 11.3. The number of carbonyl (C=O) groups is 1. The molecule has 3 nitrogen and oxygen atoms in total. The van der Waals surface area contributed by atoms with Gasteiger partial charge in [-0.3, -0.25) is 9.48 Å². The lowest BCUT2D eigenvalue weighted by molar-refractivity contribution is -0.121. The van der Waals surface area contributed by atoms with Gasteiger partial charge in [0.15, 0.2) is 0 Å². The SMILES string of the molecule is CC(C)C(=O)CCCc1ccn(C)n1. The summed E-state index contributed by atoms with van der Waals surface area (Å²) in [7, 11) is 1.91. The molecule has 0 saturated heterocycles. The van der Waals surface area contributed by atoms with Gasteiger partial charge >= 0.3 is 0 Å². The Morgan fingerprint density at radius 3 is 2.79 bits per heavy atom. The van der Waals surface area contributed by atoms with E-state index < -0.39 is 0 Å². The Bertz CT molecular complexity index is 302. The Hall–Kier alpha value is -1.12. The molecule has 1 aromatic rings. The quantitative estimate of drug-likeness (QED) is 0.718. The molecule has 14 heavy (non-hydrogen) atoms. The van der Waals surface area contributed by atoms with Gasteiger partial charge in [0.2, 0.25) is 0 Å². The summed E-state index contributed by atoms with van der Waals surface area (Å²) in [6.45, 7) is 3.90. The molecule has 0 aliphatic carbocycles. The first-order valence-corrected chi connectivity index (χ1v) is 5.11. The Morgan fingerprint density at radius 2 is 2.29 bits per heavy atom. The van der Waals surface area contributed by atoms with Gasteiger partial charge in [0, 0.05) is 25.6 Å². The first-order chi connectivity index (χ1) is 6.59. The highest BCUT2D eigenvalue weighted by molar-refractivity contribution is 5.80. The van der Waals surface area contributed by atoms with Crippen LogP contribution in [0, 0.1) is 5.92 Å². The van der Waals surface area contributed by atoms with Gasteiger partial charge in [-0.15, -0.1) is 0 Å². The van der Waals surface area contributed by atoms with Gasteiger partial charge in [-0.2, -0.15) is 5.10 Å². The molecule has 0 aromatic carbocycles. The van der Waals surface area contributed by atoms with Crippen molar-refractivity contribution in [2.75, 3.05) is 0 Å². The van der Waals surface area contributed by atoms with Gasteiger partial charge in [-0.25, -0.2) is 0 Å². The van der Waals surface area contributed by atoms with Crippen molar-refractivity contribution < 1.29 is 4.79 Å². The van der Waals surface area contributed by atoms with Crippen LogP contribution in [-0.2, 0) is 18.3 Å². The van der Waals surface area contributed by atoms with Crippen molar-refractivity contribution in [2.45, 2.75) is 33.1 Å². The number of aromatic nitrogens is 2. The zero-order valence-corrected chi connectivity index (χ0v) is 9.16. The van der Waals surface area contributed by atoms with E-state index in [1.54, 1.807) is 4.68 Å². The maximum absolute atomic E-state index is 11.3. The highest BCUT2D eigenvalue weighted by Crippen LogP contribution is 2.06. The molecule has 0 aliphatic rings. The van der Waals surface area contributed by atoms with Gasteiger partial charge in [0.1, 0.15) is 5.78 Å². The molecule has 0 spiro atoms. The van der Waals surface area contributed by atoms with E-state index in [0.717, 1.165) is 18.5 Å². The summed E-state index contributed by atoms with van der Waals surface area (Å²) in [5.74, 6) is 0.514. The Morgan fingerprint density at radius 1 is 1.57 bits per heavy atom. The number of carbonyl (C=O) groups excluding carboxylic acids is 1. The fourth-order valence-corrected chi connectivity index (χ4v) is 1.33. The maximum Gasteiger partial charge on any atom is 0.135 e. The molecule has 3 heteroatoms. The van der Waals surface area contributed by atoms with Gasteiger partial charge in [0.25, 0.3) is 0 Å². The fourth-order valence-electron chi connectivity index (χ4n) is 1.33. The largest absolute Gasteiger partial charge is 0.299 e. The Kier molecular flexibility index (Phi) is 3.86. The number of aryl methyl sites for hydroxylation is 2. The summed E-state index contributed by atoms with van der Waals surface area (Å²) in [6, 6.07) is 2.00. The van der Waals surface area contributed by atoms with Crippen LogP contribution in [-0.4, -0.2) is 15.6 Å². The molecule has 0 aliphatic heterocycles. The second-order valence-corrected chi connectivity index (χ2v) is 3.96. The number of rotatable bonds is 5. The zero-order chi connectivity index (χ0) is 10.6. The predicted molar refractivity (Wildman–Crippen MR) is 56.0 cm³/mol. The van der Waals surface area contributed by atoms with E-state index in [-0.39, 0.29) is 5.92 Å². The van der Waals surface area contributed by atoms with Crippen molar-refractivity contribution in [1.29, 1.82) is 0 Å². The van der Waals surface area contributed by atoms with E-state index in [1.165, 1.54) is 0 Å². The van der Waals surface area contributed by atoms with Crippen molar-refractivity contribution in [3.8, 4) is 0 Å². The zero-order valence-electron chi connectivity index (χ0n) is 9.16. The molecule has 0 amide bonds. The van der Waals surface area contributed by atoms with E-state index in [0.29, 0.717) is 12.2 Å². The van der Waals surface area contributed by atoms with Crippen LogP contribution in [0.2, 0.25) is 0 Å². The second kappa shape index (κ2) is 4.94. The van der Waals surface area contributed by atoms with Crippen molar-refractivity contribution in [2.24, 2.45) is 13.0 Å². The summed E-state index contributed by atoms with van der Waals surface area (Å²) in [5.41, 5.74) is 1.07.